The maximum absolute atomic E-state index is 12.4. The van der Waals surface area contributed by atoms with Crippen LogP contribution in [-0.4, -0.2) is 35.7 Å². The lowest BCUT2D eigenvalue weighted by Gasteiger charge is -2.16. The molecule has 134 valence electrons. The van der Waals surface area contributed by atoms with Gasteiger partial charge in [0.1, 0.15) is 12.4 Å². The van der Waals surface area contributed by atoms with Crippen LogP contribution in [0.4, 0.5) is 0 Å². The monoisotopic (exact) mass is 353 g/mol. The number of carbonyl (C=O) groups excluding carboxylic acids is 3. The van der Waals surface area contributed by atoms with Gasteiger partial charge in [-0.25, -0.2) is 4.79 Å². The van der Waals surface area contributed by atoms with Crippen molar-refractivity contribution in [2.45, 2.75) is 20.8 Å². The molecule has 2 aromatic rings. The summed E-state index contributed by atoms with van der Waals surface area (Å²) in [6.07, 6.45) is 1.70. The van der Waals surface area contributed by atoms with Crippen LogP contribution < -0.4 is 4.74 Å². The number of aryl methyl sites for hydroxylation is 1. The summed E-state index contributed by atoms with van der Waals surface area (Å²) in [5.74, 6) is -0.394. The van der Waals surface area contributed by atoms with Gasteiger partial charge in [-0.1, -0.05) is 18.2 Å². The van der Waals surface area contributed by atoms with Crippen LogP contribution >= 0.6 is 0 Å². The molecule has 0 saturated carbocycles. The fourth-order valence-electron chi connectivity index (χ4n) is 3.09. The molecule has 1 aliphatic heterocycles. The number of aromatic amines is 1. The number of ketones is 2. The molecule has 0 fully saturated rings. The number of ether oxygens (including phenoxy) is 2. The summed E-state index contributed by atoms with van der Waals surface area (Å²) in [4.78, 5) is 39.2. The minimum absolute atomic E-state index is 0.0964. The van der Waals surface area contributed by atoms with E-state index in [2.05, 4.69) is 4.98 Å². The second-order valence-electron chi connectivity index (χ2n) is 6.18. The molecule has 6 heteroatoms. The molecule has 0 atom stereocenters. The molecule has 0 amide bonds. The van der Waals surface area contributed by atoms with E-state index in [0.717, 1.165) is 5.56 Å². The molecule has 2 heterocycles. The van der Waals surface area contributed by atoms with Crippen LogP contribution in [0.25, 0.3) is 6.08 Å². The van der Waals surface area contributed by atoms with Crippen molar-refractivity contribution in [3.05, 3.63) is 57.9 Å². The number of Topliss-reactive ketones (excluding diaryl/α,β-unsaturated/α-hetero) is 2. The van der Waals surface area contributed by atoms with Crippen molar-refractivity contribution < 1.29 is 23.9 Å². The minimum atomic E-state index is -0.597. The molecule has 0 radical (unpaired) electrons. The van der Waals surface area contributed by atoms with Gasteiger partial charge in [0.15, 0.2) is 12.4 Å². The predicted molar refractivity (Wildman–Crippen MR) is 95.5 cm³/mol. The number of para-hydroxylation sites is 1. The van der Waals surface area contributed by atoms with Gasteiger partial charge >= 0.3 is 5.97 Å². The summed E-state index contributed by atoms with van der Waals surface area (Å²) in [6, 6.07) is 7.35. The Morgan fingerprint density at radius 1 is 1.19 bits per heavy atom. The van der Waals surface area contributed by atoms with E-state index in [0.29, 0.717) is 33.8 Å². The van der Waals surface area contributed by atoms with Gasteiger partial charge < -0.3 is 14.5 Å². The van der Waals surface area contributed by atoms with Crippen LogP contribution in [0.3, 0.4) is 0 Å². The maximum Gasteiger partial charge on any atom is 0.337 e. The van der Waals surface area contributed by atoms with Crippen LogP contribution in [0.15, 0.2) is 29.8 Å². The highest BCUT2D eigenvalue weighted by atomic mass is 16.5. The smallest absolute Gasteiger partial charge is 0.337 e. The first kappa shape index (κ1) is 17.7. The molecule has 0 saturated heterocycles. The Hall–Kier alpha value is -3.15. The number of fused-ring (bicyclic) bond motifs is 1. The Balaban J connectivity index is 1.69. The summed E-state index contributed by atoms with van der Waals surface area (Å²) in [6.45, 7) is 4.57. The van der Waals surface area contributed by atoms with Crippen LogP contribution in [-0.2, 0) is 9.53 Å². The van der Waals surface area contributed by atoms with Gasteiger partial charge in [-0.2, -0.15) is 0 Å². The molecule has 0 unspecified atom stereocenters. The Morgan fingerprint density at radius 3 is 2.62 bits per heavy atom. The first-order chi connectivity index (χ1) is 12.4. The lowest BCUT2D eigenvalue weighted by atomic mass is 10.1. The van der Waals surface area contributed by atoms with Crippen molar-refractivity contribution >= 4 is 23.6 Å². The van der Waals surface area contributed by atoms with Crippen molar-refractivity contribution in [3.8, 4) is 5.75 Å². The van der Waals surface area contributed by atoms with Crippen LogP contribution in [0, 0.1) is 13.8 Å². The highest BCUT2D eigenvalue weighted by Crippen LogP contribution is 2.26. The third kappa shape index (κ3) is 3.31. The second-order valence-corrected chi connectivity index (χ2v) is 6.18. The maximum atomic E-state index is 12.4. The fourth-order valence-corrected chi connectivity index (χ4v) is 3.09. The standard InChI is InChI=1S/C20H19NO5/c1-11-18(13(3)22)12(2)21-19(11)16(23)10-26-20(24)15-8-14-6-4-5-7-17(14)25-9-15/h4-8,21H,9-10H2,1-3H3. The lowest BCUT2D eigenvalue weighted by Crippen LogP contribution is -2.21. The van der Waals surface area contributed by atoms with Crippen molar-refractivity contribution in [3.63, 3.8) is 0 Å². The third-order valence-electron chi connectivity index (χ3n) is 4.30. The molecule has 1 aromatic carbocycles. The zero-order valence-electron chi connectivity index (χ0n) is 14.8. The van der Waals surface area contributed by atoms with E-state index < -0.39 is 12.6 Å². The third-order valence-corrected chi connectivity index (χ3v) is 4.30. The number of hydrogen-bond acceptors (Lipinski definition) is 5. The van der Waals surface area contributed by atoms with Gasteiger partial charge in [0.05, 0.1) is 11.3 Å². The largest absolute Gasteiger partial charge is 0.488 e. The zero-order chi connectivity index (χ0) is 18.8. The van der Waals surface area contributed by atoms with Crippen molar-refractivity contribution in [2.75, 3.05) is 13.2 Å². The number of rotatable bonds is 5. The molecule has 26 heavy (non-hydrogen) atoms. The number of esters is 1. The molecular formula is C20H19NO5. The first-order valence-electron chi connectivity index (χ1n) is 8.21. The molecule has 1 aromatic heterocycles. The highest BCUT2D eigenvalue weighted by molar-refractivity contribution is 6.04. The first-order valence-corrected chi connectivity index (χ1v) is 8.21. The van der Waals surface area contributed by atoms with Crippen LogP contribution in [0.1, 0.15) is 44.6 Å². The van der Waals surface area contributed by atoms with E-state index in [1.54, 1.807) is 19.9 Å². The summed E-state index contributed by atoms with van der Waals surface area (Å²) in [5.41, 5.74) is 3.13. The number of hydrogen-bond donors (Lipinski definition) is 1. The molecular weight excluding hydrogens is 334 g/mol. The average molecular weight is 353 g/mol. The van der Waals surface area contributed by atoms with Gasteiger partial charge in [0, 0.05) is 16.8 Å². The second kappa shape index (κ2) is 7.00. The van der Waals surface area contributed by atoms with E-state index in [9.17, 15) is 14.4 Å². The summed E-state index contributed by atoms with van der Waals surface area (Å²) in [5, 5.41) is 0. The normalized spacial score (nSPS) is 12.7. The predicted octanol–water partition coefficient (Wildman–Crippen LogP) is 3.04. The molecule has 0 bridgehead atoms. The van der Waals surface area contributed by atoms with Crippen molar-refractivity contribution in [1.29, 1.82) is 0 Å². The van der Waals surface area contributed by atoms with Crippen molar-refractivity contribution in [2.24, 2.45) is 0 Å². The Morgan fingerprint density at radius 2 is 1.92 bits per heavy atom. The Bertz CT molecular complexity index is 936. The quantitative estimate of drug-likeness (QED) is 0.660. The topological polar surface area (TPSA) is 85.5 Å². The fraction of sp³-hybridized carbons (Fsp3) is 0.250. The molecule has 0 spiro atoms. The molecule has 6 nitrogen and oxygen atoms in total. The Kier molecular flexibility index (Phi) is 4.75. The number of benzene rings is 1. The van der Waals surface area contributed by atoms with Gasteiger partial charge in [-0.15, -0.1) is 0 Å². The van der Waals surface area contributed by atoms with Gasteiger partial charge in [0.25, 0.3) is 0 Å². The minimum Gasteiger partial charge on any atom is -0.488 e. The van der Waals surface area contributed by atoms with E-state index in [1.807, 2.05) is 24.3 Å². The molecule has 1 aliphatic rings. The van der Waals surface area contributed by atoms with Crippen molar-refractivity contribution in [1.82, 2.24) is 4.98 Å². The summed E-state index contributed by atoms with van der Waals surface area (Å²) >= 11 is 0. The van der Waals surface area contributed by atoms with Gasteiger partial charge in [0.2, 0.25) is 5.78 Å². The van der Waals surface area contributed by atoms with E-state index >= 15 is 0 Å². The van der Waals surface area contributed by atoms with Crippen LogP contribution in [0.5, 0.6) is 5.75 Å². The molecule has 1 N–H and O–H groups in total. The van der Waals surface area contributed by atoms with Gasteiger partial charge in [-0.3, -0.25) is 9.59 Å². The number of aromatic nitrogens is 1. The molecule has 0 aliphatic carbocycles. The highest BCUT2D eigenvalue weighted by Gasteiger charge is 2.23. The van der Waals surface area contributed by atoms with Crippen LogP contribution in [0.2, 0.25) is 0 Å². The van der Waals surface area contributed by atoms with Gasteiger partial charge in [-0.05, 0) is 38.5 Å². The average Bonchev–Trinajstić information content (AvgIpc) is 2.93. The molecule has 3 rings (SSSR count). The lowest BCUT2D eigenvalue weighted by molar-refractivity contribution is -0.138. The van der Waals surface area contributed by atoms with E-state index in [-0.39, 0.29) is 18.2 Å². The zero-order valence-corrected chi connectivity index (χ0v) is 14.8. The number of nitrogens with one attached hydrogen (secondary N) is 1. The SMILES string of the molecule is CC(=O)c1c(C)[nH]c(C(=O)COC(=O)C2=Cc3ccccc3OC2)c1C. The van der Waals surface area contributed by atoms with E-state index in [4.69, 9.17) is 9.47 Å². The Labute approximate surface area is 150 Å². The number of carbonyl (C=O) groups is 3. The summed E-state index contributed by atoms with van der Waals surface area (Å²) < 4.78 is 10.7. The number of H-pyrrole nitrogens is 1. The summed E-state index contributed by atoms with van der Waals surface area (Å²) in [7, 11) is 0. The van der Waals surface area contributed by atoms with E-state index in [1.165, 1.54) is 6.92 Å².